The third-order valence-corrected chi connectivity index (χ3v) is 7.00. The third-order valence-electron chi connectivity index (χ3n) is 7.00. The summed E-state index contributed by atoms with van der Waals surface area (Å²) in [6, 6.07) is 22.2. The van der Waals surface area contributed by atoms with Crippen molar-refractivity contribution in [3.63, 3.8) is 0 Å². The minimum Gasteiger partial charge on any atom is -0.478 e. The van der Waals surface area contributed by atoms with Crippen molar-refractivity contribution in [2.45, 2.75) is 18.7 Å². The van der Waals surface area contributed by atoms with Crippen LogP contribution in [0, 0.1) is 11.6 Å². The number of carboxylic acid groups (broad SMARTS) is 4. The number of carbonyl (C=O) groups is 4. The fraction of sp³-hybridized carbons (Fsp3) is 0.278. The van der Waals surface area contributed by atoms with Gasteiger partial charge in [0.15, 0.2) is 0 Å². The van der Waals surface area contributed by atoms with Gasteiger partial charge in [0, 0.05) is 70.0 Å². The molecule has 0 saturated carbocycles. The molecule has 0 spiro atoms. The first kappa shape index (κ1) is 40.9. The van der Waals surface area contributed by atoms with Crippen LogP contribution in [-0.4, -0.2) is 106 Å². The summed E-state index contributed by atoms with van der Waals surface area (Å²) in [6.45, 7) is 5.06. The molecule has 0 amide bonds. The van der Waals surface area contributed by atoms with Crippen LogP contribution in [0.3, 0.4) is 0 Å². The number of ether oxygens (including phenoxy) is 1. The lowest BCUT2D eigenvalue weighted by Gasteiger charge is -2.35. The van der Waals surface area contributed by atoms with Crippen LogP contribution in [0.2, 0.25) is 0 Å². The maximum absolute atomic E-state index is 14.5. The second-order valence-corrected chi connectivity index (χ2v) is 10.8. The molecule has 11 nitrogen and oxygen atoms in total. The highest BCUT2D eigenvalue weighted by Gasteiger charge is 2.21. The summed E-state index contributed by atoms with van der Waals surface area (Å²) in [4.78, 5) is 42.7. The number of rotatable bonds is 14. The van der Waals surface area contributed by atoms with E-state index in [0.29, 0.717) is 43.9 Å². The minimum atomic E-state index is -1.26. The highest BCUT2D eigenvalue weighted by atomic mass is 19.1. The van der Waals surface area contributed by atoms with Gasteiger partial charge in [-0.2, -0.15) is 0 Å². The number of hydrogen-bond acceptors (Lipinski definition) is 7. The zero-order valence-electron chi connectivity index (χ0n) is 27.0. The number of alkyl halides is 1. The number of aliphatic carboxylic acids is 4. The summed E-state index contributed by atoms with van der Waals surface area (Å²) in [5.74, 6) is -5.64. The molecule has 268 valence electrons. The Bertz CT molecular complexity index is 1430. The predicted octanol–water partition coefficient (Wildman–Crippen LogP) is 4.69. The van der Waals surface area contributed by atoms with Gasteiger partial charge in [0.2, 0.25) is 0 Å². The predicted molar refractivity (Wildman–Crippen MR) is 177 cm³/mol. The molecule has 3 aromatic rings. The van der Waals surface area contributed by atoms with Crippen LogP contribution in [0.1, 0.15) is 22.8 Å². The van der Waals surface area contributed by atoms with Crippen molar-refractivity contribution in [1.29, 1.82) is 0 Å². The van der Waals surface area contributed by atoms with E-state index in [1.54, 1.807) is 24.3 Å². The maximum Gasteiger partial charge on any atom is 0.328 e. The SMILES string of the molecule is Fc1ccc(C(OCCN2CCN(C[C@H](F)Cc3ccccc3)CC2)c2ccc(F)cc2)cc1.O=C(O)/C=C\C(=O)O.O=C(O)/C=C\C(=O)O. The van der Waals surface area contributed by atoms with Crippen molar-refractivity contribution >= 4 is 23.9 Å². The third kappa shape index (κ3) is 17.7. The molecule has 1 fully saturated rings. The largest absolute Gasteiger partial charge is 0.478 e. The highest BCUT2D eigenvalue weighted by Crippen LogP contribution is 2.26. The van der Waals surface area contributed by atoms with Gasteiger partial charge in [-0.15, -0.1) is 0 Å². The smallest absolute Gasteiger partial charge is 0.328 e. The van der Waals surface area contributed by atoms with E-state index < -0.39 is 36.2 Å². The Morgan fingerprint density at radius 2 is 1.04 bits per heavy atom. The van der Waals surface area contributed by atoms with Gasteiger partial charge in [-0.25, -0.2) is 32.3 Å². The summed E-state index contributed by atoms with van der Waals surface area (Å²) in [6.07, 6.45) is 1.41. The Hall–Kier alpha value is -5.31. The van der Waals surface area contributed by atoms with E-state index in [1.165, 1.54) is 24.3 Å². The normalized spacial score (nSPS) is 14.0. The zero-order chi connectivity index (χ0) is 36.9. The minimum absolute atomic E-state index is 0.307. The van der Waals surface area contributed by atoms with Crippen molar-refractivity contribution in [3.8, 4) is 0 Å². The molecule has 1 heterocycles. The van der Waals surface area contributed by atoms with Crippen LogP contribution in [0.5, 0.6) is 0 Å². The molecule has 50 heavy (non-hydrogen) atoms. The van der Waals surface area contributed by atoms with Crippen LogP contribution in [0.15, 0.2) is 103 Å². The average molecular weight is 701 g/mol. The molecule has 0 radical (unpaired) electrons. The molecule has 14 heteroatoms. The van der Waals surface area contributed by atoms with Gasteiger partial charge in [0.05, 0.1) is 6.61 Å². The summed E-state index contributed by atoms with van der Waals surface area (Å²) in [5, 5.41) is 31.2. The van der Waals surface area contributed by atoms with Crippen molar-refractivity contribution in [3.05, 3.63) is 131 Å². The Morgan fingerprint density at radius 3 is 1.44 bits per heavy atom. The average Bonchev–Trinajstić information content (AvgIpc) is 3.08. The molecule has 1 saturated heterocycles. The lowest BCUT2D eigenvalue weighted by atomic mass is 10.0. The monoisotopic (exact) mass is 700 g/mol. The van der Waals surface area contributed by atoms with E-state index in [1.807, 2.05) is 30.3 Å². The molecule has 3 aromatic carbocycles. The molecule has 0 aliphatic carbocycles. The van der Waals surface area contributed by atoms with E-state index in [4.69, 9.17) is 25.2 Å². The van der Waals surface area contributed by atoms with E-state index in [9.17, 15) is 32.3 Å². The fourth-order valence-corrected chi connectivity index (χ4v) is 4.65. The second kappa shape index (κ2) is 22.3. The van der Waals surface area contributed by atoms with Crippen LogP contribution in [0.25, 0.3) is 0 Å². The summed E-state index contributed by atoms with van der Waals surface area (Å²) < 4.78 is 47.5. The van der Waals surface area contributed by atoms with Gasteiger partial charge in [-0.1, -0.05) is 54.6 Å². The summed E-state index contributed by atoms with van der Waals surface area (Å²) in [7, 11) is 0. The first-order valence-electron chi connectivity index (χ1n) is 15.4. The lowest BCUT2D eigenvalue weighted by molar-refractivity contribution is -0.134. The number of carboxylic acids is 4. The summed E-state index contributed by atoms with van der Waals surface area (Å²) in [5.41, 5.74) is 2.68. The molecular weight excluding hydrogens is 661 g/mol. The molecule has 0 bridgehead atoms. The van der Waals surface area contributed by atoms with Gasteiger partial charge in [0.1, 0.15) is 23.9 Å². The molecule has 0 unspecified atom stereocenters. The molecule has 1 atom stereocenters. The Balaban J connectivity index is 0.000000450. The number of halogens is 3. The fourth-order valence-electron chi connectivity index (χ4n) is 4.65. The topological polar surface area (TPSA) is 165 Å². The summed E-state index contributed by atoms with van der Waals surface area (Å²) >= 11 is 0. The number of hydrogen-bond donors (Lipinski definition) is 4. The quantitative estimate of drug-likeness (QED) is 0.173. The van der Waals surface area contributed by atoms with E-state index in [2.05, 4.69) is 9.80 Å². The molecule has 4 N–H and O–H groups in total. The zero-order valence-corrected chi connectivity index (χ0v) is 27.0. The molecular formula is C36H39F3N2O9. The maximum atomic E-state index is 14.5. The second-order valence-electron chi connectivity index (χ2n) is 10.8. The van der Waals surface area contributed by atoms with Gasteiger partial charge < -0.3 is 25.2 Å². The van der Waals surface area contributed by atoms with Gasteiger partial charge in [0.25, 0.3) is 0 Å². The van der Waals surface area contributed by atoms with Crippen LogP contribution in [0.4, 0.5) is 13.2 Å². The van der Waals surface area contributed by atoms with Crippen LogP contribution < -0.4 is 0 Å². The van der Waals surface area contributed by atoms with Gasteiger partial charge in [-0.3, -0.25) is 9.80 Å². The Morgan fingerprint density at radius 1 is 0.640 bits per heavy atom. The van der Waals surface area contributed by atoms with Crippen LogP contribution in [-0.2, 0) is 30.3 Å². The Kier molecular flexibility index (Phi) is 18.3. The van der Waals surface area contributed by atoms with E-state index >= 15 is 0 Å². The first-order valence-corrected chi connectivity index (χ1v) is 15.4. The van der Waals surface area contributed by atoms with Crippen LogP contribution >= 0.6 is 0 Å². The molecule has 1 aliphatic rings. The first-order chi connectivity index (χ1) is 23.8. The molecule has 1 aliphatic heterocycles. The number of piperazine rings is 1. The van der Waals surface area contributed by atoms with Crippen molar-refractivity contribution in [2.75, 3.05) is 45.9 Å². The molecule has 4 rings (SSSR count). The van der Waals surface area contributed by atoms with E-state index in [-0.39, 0.29) is 11.6 Å². The number of nitrogens with zero attached hydrogens (tertiary/aromatic N) is 2. The molecule has 0 aromatic heterocycles. The standard InChI is InChI=1S/C28H31F3N2O.2C4H4O4/c29-25-10-6-23(7-11-25)28(24-8-12-26(30)13-9-24)34-19-18-32-14-16-33(17-15-32)21-27(31)20-22-4-2-1-3-5-22;2*5-3(6)1-2-4(7)8/h1-13,27-28H,14-21H2;2*1-2H,(H,5,6)(H,7,8)/b;2*2-1-/t27-;;/m1../s1. The van der Waals surface area contributed by atoms with Crippen molar-refractivity contribution in [1.82, 2.24) is 9.80 Å². The van der Waals surface area contributed by atoms with Crippen molar-refractivity contribution < 1.29 is 57.5 Å². The van der Waals surface area contributed by atoms with E-state index in [0.717, 1.165) is 49.4 Å². The Labute approximate surface area is 287 Å². The highest BCUT2D eigenvalue weighted by molar-refractivity contribution is 5.90. The van der Waals surface area contributed by atoms with Gasteiger partial charge >= 0.3 is 23.9 Å². The van der Waals surface area contributed by atoms with Crippen molar-refractivity contribution in [2.24, 2.45) is 0 Å². The lowest BCUT2D eigenvalue weighted by Crippen LogP contribution is -2.49. The number of benzene rings is 3. The van der Waals surface area contributed by atoms with Gasteiger partial charge in [-0.05, 0) is 41.0 Å².